The van der Waals surface area contributed by atoms with Crippen molar-refractivity contribution in [2.45, 2.75) is 42.3 Å². The molecule has 71 heavy (non-hydrogen) atoms. The Morgan fingerprint density at radius 2 is 0.901 bits per heavy atom. The average Bonchev–Trinajstić information content (AvgIpc) is 3.35. The Labute approximate surface area is 461 Å². The highest BCUT2D eigenvalue weighted by molar-refractivity contribution is 8.14. The molecule has 2 heterocycles. The number of hydrogen-bond donors (Lipinski definition) is 7. The maximum absolute atomic E-state index is 14.2. The van der Waals surface area contributed by atoms with Crippen LogP contribution in [0.15, 0.2) is 101 Å². The van der Waals surface area contributed by atoms with Gasteiger partial charge in [0.25, 0.3) is 0 Å². The lowest BCUT2D eigenvalue weighted by molar-refractivity contribution is 0.270. The summed E-state index contributed by atoms with van der Waals surface area (Å²) < 4.78 is 27.3. The second kappa shape index (κ2) is 30.9. The van der Waals surface area contributed by atoms with Crippen LogP contribution >= 0.6 is 117 Å². The van der Waals surface area contributed by atoms with Crippen molar-refractivity contribution in [3.8, 4) is 0 Å². The van der Waals surface area contributed by atoms with E-state index in [1.807, 2.05) is 54.6 Å². The minimum Gasteiger partial charge on any atom is -0.379 e. The summed E-state index contributed by atoms with van der Waals surface area (Å²) >= 11 is 41.4. The van der Waals surface area contributed by atoms with Crippen LogP contribution in [0, 0.1) is 22.5 Å². The molecular formula is C48H53Cl6F2N11S4. The van der Waals surface area contributed by atoms with Gasteiger partial charge < -0.3 is 27.8 Å². The number of benzene rings is 5. The summed E-state index contributed by atoms with van der Waals surface area (Å²) in [6.07, 6.45) is 2.57. The second-order valence-electron chi connectivity index (χ2n) is 15.7. The van der Waals surface area contributed by atoms with Gasteiger partial charge in [0.1, 0.15) is 11.6 Å². The summed E-state index contributed by atoms with van der Waals surface area (Å²) in [6, 6.07) is 26.5. The molecule has 0 amide bonds. The third-order valence-electron chi connectivity index (χ3n) is 10.4. The van der Waals surface area contributed by atoms with Crippen LogP contribution in [0.4, 0.5) is 8.78 Å². The van der Waals surface area contributed by atoms with E-state index in [9.17, 15) is 8.78 Å². The number of nitrogens with one attached hydrogen (secondary N) is 4. The lowest BCUT2D eigenvalue weighted by Gasteiger charge is -2.27. The number of thioether (sulfide) groups is 4. The zero-order chi connectivity index (χ0) is 51.3. The van der Waals surface area contributed by atoms with Gasteiger partial charge in [0.15, 0.2) is 20.7 Å². The Balaban J connectivity index is 0.000000272. The van der Waals surface area contributed by atoms with Crippen molar-refractivity contribution in [3.05, 3.63) is 172 Å². The molecule has 10 N–H and O–H groups in total. The Morgan fingerprint density at radius 1 is 0.521 bits per heavy atom. The van der Waals surface area contributed by atoms with Crippen LogP contribution < -0.4 is 27.8 Å². The Hall–Kier alpha value is -3.14. The van der Waals surface area contributed by atoms with Crippen LogP contribution in [0.25, 0.3) is 0 Å². The molecule has 0 radical (unpaired) electrons. The number of aliphatic imine (C=N–C) groups is 2. The predicted octanol–water partition coefficient (Wildman–Crippen LogP) is 12.3. The van der Waals surface area contributed by atoms with E-state index in [0.29, 0.717) is 79.7 Å². The van der Waals surface area contributed by atoms with Gasteiger partial charge >= 0.3 is 0 Å². The van der Waals surface area contributed by atoms with E-state index in [0.717, 1.165) is 100 Å². The molecule has 0 saturated heterocycles. The van der Waals surface area contributed by atoms with Crippen molar-refractivity contribution in [2.75, 3.05) is 46.3 Å². The topological polar surface area (TPSA) is 181 Å². The van der Waals surface area contributed by atoms with Crippen molar-refractivity contribution >= 4 is 137 Å². The number of halogens is 8. The summed E-state index contributed by atoms with van der Waals surface area (Å²) in [7, 11) is 0. The summed E-state index contributed by atoms with van der Waals surface area (Å²) in [5, 5.41) is 26.3. The van der Waals surface area contributed by atoms with Gasteiger partial charge in [-0.15, -0.1) is 0 Å². The van der Waals surface area contributed by atoms with Crippen molar-refractivity contribution in [1.29, 1.82) is 10.8 Å². The third-order valence-corrected chi connectivity index (χ3v) is 16.1. The van der Waals surface area contributed by atoms with Crippen molar-refractivity contribution in [3.63, 3.8) is 0 Å². The van der Waals surface area contributed by atoms with E-state index < -0.39 is 0 Å². The van der Waals surface area contributed by atoms with Gasteiger partial charge in [-0.25, -0.2) is 18.8 Å². The van der Waals surface area contributed by atoms with E-state index in [4.69, 9.17) is 108 Å². The maximum Gasteiger partial charge on any atom is 0.159 e. The molecular weight excluding hydrogens is 1110 g/mol. The van der Waals surface area contributed by atoms with Crippen molar-refractivity contribution < 1.29 is 8.78 Å². The number of nitrogens with zero attached hydrogens (tertiary/aromatic N) is 4. The van der Waals surface area contributed by atoms with E-state index in [2.05, 4.69) is 20.4 Å². The lowest BCUT2D eigenvalue weighted by atomic mass is 10.1. The highest BCUT2D eigenvalue weighted by Crippen LogP contribution is 2.28. The first-order chi connectivity index (χ1) is 34.0. The van der Waals surface area contributed by atoms with E-state index >= 15 is 0 Å². The Bertz CT molecular complexity index is 2650. The summed E-state index contributed by atoms with van der Waals surface area (Å²) in [5.41, 5.74) is 23.0. The summed E-state index contributed by atoms with van der Waals surface area (Å²) in [6.45, 7) is 5.00. The van der Waals surface area contributed by atoms with Crippen molar-refractivity contribution in [1.82, 2.24) is 20.4 Å². The molecule has 0 saturated carbocycles. The molecule has 5 aromatic rings. The van der Waals surface area contributed by atoms with Crippen LogP contribution in [0.2, 0.25) is 30.1 Å². The third kappa shape index (κ3) is 21.3. The number of rotatable bonds is 16. The van der Waals surface area contributed by atoms with E-state index in [1.165, 1.54) is 30.0 Å². The second-order valence-corrected chi connectivity index (χ2v) is 22.1. The zero-order valence-electron chi connectivity index (χ0n) is 38.2. The highest BCUT2D eigenvalue weighted by atomic mass is 35.5. The molecule has 0 atom stereocenters. The molecule has 5 aromatic carbocycles. The van der Waals surface area contributed by atoms with Gasteiger partial charge in [0.2, 0.25) is 0 Å². The largest absolute Gasteiger partial charge is 0.379 e. The number of nitrogens with two attached hydrogens (primary N) is 3. The molecule has 0 bridgehead atoms. The van der Waals surface area contributed by atoms with Crippen LogP contribution in [-0.2, 0) is 42.3 Å². The fraction of sp³-hybridized carbons (Fsp3) is 0.292. The zero-order valence-corrected chi connectivity index (χ0v) is 46.0. The molecule has 380 valence electrons. The van der Waals surface area contributed by atoms with Gasteiger partial charge in [-0.3, -0.25) is 20.6 Å². The van der Waals surface area contributed by atoms with Gasteiger partial charge in [0, 0.05) is 36.1 Å². The smallest absolute Gasteiger partial charge is 0.159 e. The molecule has 2 aliphatic rings. The monoisotopic (exact) mass is 1160 g/mol. The van der Waals surface area contributed by atoms with E-state index in [1.54, 1.807) is 41.7 Å². The minimum absolute atomic E-state index is 0.000526. The lowest BCUT2D eigenvalue weighted by Crippen LogP contribution is -2.42. The Kier molecular flexibility index (Phi) is 25.6. The molecule has 7 rings (SSSR count). The number of amidine groups is 4. The molecule has 0 aliphatic carbocycles. The molecule has 23 heteroatoms. The normalized spacial score (nSPS) is 13.6. The molecule has 2 aliphatic heterocycles. The minimum atomic E-state index is -0.319. The highest BCUT2D eigenvalue weighted by Gasteiger charge is 2.17. The molecule has 0 spiro atoms. The summed E-state index contributed by atoms with van der Waals surface area (Å²) in [4.78, 5) is 13.9. The molecule has 0 fully saturated rings. The first-order valence-corrected chi connectivity index (χ1v) is 28.0. The van der Waals surface area contributed by atoms with Gasteiger partial charge in [-0.1, -0.05) is 147 Å². The van der Waals surface area contributed by atoms with Crippen LogP contribution in [-0.4, -0.2) is 76.8 Å². The average molecular weight is 1160 g/mol. The molecule has 0 aromatic heterocycles. The van der Waals surface area contributed by atoms with Crippen LogP contribution in [0.5, 0.6) is 0 Å². The predicted molar refractivity (Wildman–Crippen MR) is 305 cm³/mol. The fourth-order valence-electron chi connectivity index (χ4n) is 6.56. The first-order valence-electron chi connectivity index (χ1n) is 21.8. The first kappa shape index (κ1) is 58.7. The quantitative estimate of drug-likeness (QED) is 0.0369. The van der Waals surface area contributed by atoms with E-state index in [-0.39, 0.29) is 22.0 Å². The van der Waals surface area contributed by atoms with Gasteiger partial charge in [0.05, 0.1) is 56.8 Å². The fourth-order valence-corrected chi connectivity index (χ4v) is 10.5. The van der Waals surface area contributed by atoms with Gasteiger partial charge in [-0.05, 0) is 125 Å². The van der Waals surface area contributed by atoms with Gasteiger partial charge in [-0.2, -0.15) is 0 Å². The SMILES string of the molecule is Fc1ccc(CSC2=NCN(CCc3ccc(Cl)c(Cl)c3)CN2)c(CSC2=NCN(CCc3ccc(Cl)c(Cl)c3)CN2)c1.N=C(N)SCc1ccc(F)cc1CSC(=N)N.NCCc1ccc(Cl)c(Cl)c1. The molecule has 0 unspecified atom stereocenters. The number of hydrogen-bond acceptors (Lipinski definition) is 13. The summed E-state index contributed by atoms with van der Waals surface area (Å²) in [5.74, 6) is 1.74. The van der Waals surface area contributed by atoms with Crippen molar-refractivity contribution in [2.24, 2.45) is 27.2 Å². The Morgan fingerprint density at radius 3 is 1.28 bits per heavy atom. The maximum atomic E-state index is 14.2. The standard InChI is InChI=1S/C30H31Cl4FN6S2.C10H13FN4S2.C8H9Cl2N/c31-25-5-1-20(11-27(25)33)7-9-40-16-36-29(37-17-40)42-14-22-3-4-24(35)13-23(22)15-43-30-38-18-41(19-39-30)10-8-21-2-6-26(32)28(34)12-21;11-8-2-1-6(4-16-9(12)13)7(3-8)5-17-10(14)15;9-7-2-1-6(3-4-11)5-8(7)10/h1-6,11-13H,7-10,14-19H2,(H,36,37)(H,38,39);1-3H,4-5H2,(H3,12,13)(H3,14,15);1-2,5H,3-4,11H2. The van der Waals surface area contributed by atoms with Crippen LogP contribution in [0.3, 0.4) is 0 Å². The molecule has 11 nitrogen and oxygen atoms in total. The van der Waals surface area contributed by atoms with Crippen LogP contribution in [0.1, 0.15) is 38.9 Å².